The summed E-state index contributed by atoms with van der Waals surface area (Å²) in [7, 11) is 0. The third-order valence-electron chi connectivity index (χ3n) is 3.60. The van der Waals surface area contributed by atoms with Gasteiger partial charge < -0.3 is 5.32 Å². The summed E-state index contributed by atoms with van der Waals surface area (Å²) in [4.78, 5) is 16.9. The fraction of sp³-hybridized carbons (Fsp3) is 0.0625. The number of hydrogen-bond acceptors (Lipinski definition) is 4. The van der Waals surface area contributed by atoms with E-state index in [1.807, 2.05) is 0 Å². The fourth-order valence-corrected chi connectivity index (χ4v) is 3.95. The molecule has 0 aliphatic carbocycles. The van der Waals surface area contributed by atoms with Gasteiger partial charge in [0.1, 0.15) is 10.7 Å². The van der Waals surface area contributed by atoms with Crippen LogP contribution in [0.1, 0.15) is 15.2 Å². The molecule has 0 unspecified atom stereocenters. The zero-order chi connectivity index (χ0) is 16.7. The molecule has 0 aliphatic rings. The molecule has 0 fully saturated rings. The van der Waals surface area contributed by atoms with Gasteiger partial charge in [0.15, 0.2) is 5.65 Å². The zero-order valence-electron chi connectivity index (χ0n) is 12.2. The number of amides is 1. The summed E-state index contributed by atoms with van der Waals surface area (Å²) in [6.45, 7) is 0.256. The summed E-state index contributed by atoms with van der Waals surface area (Å²) in [5.41, 5.74) is 1.46. The summed E-state index contributed by atoms with van der Waals surface area (Å²) < 4.78 is 16.1. The van der Waals surface area contributed by atoms with E-state index < -0.39 is 5.82 Å². The van der Waals surface area contributed by atoms with Crippen LogP contribution in [0.15, 0.2) is 42.9 Å². The fourth-order valence-electron chi connectivity index (χ4n) is 2.47. The van der Waals surface area contributed by atoms with Gasteiger partial charge in [-0.1, -0.05) is 17.7 Å². The highest BCUT2D eigenvalue weighted by atomic mass is 35.5. The van der Waals surface area contributed by atoms with E-state index in [-0.39, 0.29) is 22.9 Å². The Kier molecular flexibility index (Phi) is 3.66. The van der Waals surface area contributed by atoms with Gasteiger partial charge in [-0.05, 0) is 18.2 Å². The molecule has 8 heteroatoms. The van der Waals surface area contributed by atoms with E-state index in [2.05, 4.69) is 15.4 Å². The van der Waals surface area contributed by atoms with Crippen LogP contribution in [-0.2, 0) is 6.54 Å². The van der Waals surface area contributed by atoms with Crippen LogP contribution in [0.2, 0.25) is 5.02 Å². The topological polar surface area (TPSA) is 59.3 Å². The molecule has 5 nitrogen and oxygen atoms in total. The Balaban J connectivity index is 1.61. The van der Waals surface area contributed by atoms with E-state index in [9.17, 15) is 9.18 Å². The molecular weight excluding hydrogens is 351 g/mol. The number of carbonyl (C=O) groups excluding carboxylic acids is 1. The second-order valence-electron chi connectivity index (χ2n) is 5.10. The van der Waals surface area contributed by atoms with Gasteiger partial charge in [-0.2, -0.15) is 5.10 Å². The van der Waals surface area contributed by atoms with Crippen molar-refractivity contribution in [3.05, 3.63) is 64.1 Å². The Morgan fingerprint density at radius 3 is 3.08 bits per heavy atom. The lowest BCUT2D eigenvalue weighted by atomic mass is 10.2. The van der Waals surface area contributed by atoms with E-state index in [1.54, 1.807) is 41.3 Å². The van der Waals surface area contributed by atoms with E-state index in [0.717, 1.165) is 5.56 Å². The number of hydrogen-bond donors (Lipinski definition) is 1. The number of nitrogens with one attached hydrogen (secondary N) is 1. The molecule has 3 heterocycles. The van der Waals surface area contributed by atoms with Gasteiger partial charge in [-0.3, -0.25) is 4.79 Å². The molecule has 3 aromatic heterocycles. The van der Waals surface area contributed by atoms with Gasteiger partial charge in [-0.25, -0.2) is 13.9 Å². The maximum absolute atomic E-state index is 13.9. The standard InChI is InChI=1S/C16H10ClFN4OS/c17-13-12-10(18)3-1-4-11(12)24-14(13)16(23)20-7-9-8-21-22-6-2-5-19-15(9)22/h1-6,8H,7H2,(H,20,23). The molecule has 1 aromatic carbocycles. The quantitative estimate of drug-likeness (QED) is 0.606. The molecule has 0 bridgehead atoms. The van der Waals surface area contributed by atoms with Crippen molar-refractivity contribution in [3.8, 4) is 0 Å². The predicted octanol–water partition coefficient (Wildman–Crippen LogP) is 3.67. The summed E-state index contributed by atoms with van der Waals surface area (Å²) >= 11 is 7.36. The van der Waals surface area contributed by atoms with E-state index in [0.29, 0.717) is 15.2 Å². The first kappa shape index (κ1) is 15.0. The molecular formula is C16H10ClFN4OS. The summed E-state index contributed by atoms with van der Waals surface area (Å²) in [6, 6.07) is 6.43. The van der Waals surface area contributed by atoms with Crippen molar-refractivity contribution in [3.63, 3.8) is 0 Å². The highest BCUT2D eigenvalue weighted by Gasteiger charge is 2.19. The first-order valence-electron chi connectivity index (χ1n) is 7.07. The molecule has 1 N–H and O–H groups in total. The van der Waals surface area contributed by atoms with Crippen molar-refractivity contribution in [2.45, 2.75) is 6.54 Å². The summed E-state index contributed by atoms with van der Waals surface area (Å²) in [6.07, 6.45) is 5.09. The number of benzene rings is 1. The van der Waals surface area contributed by atoms with Crippen LogP contribution in [0.3, 0.4) is 0 Å². The van der Waals surface area contributed by atoms with E-state index in [4.69, 9.17) is 11.6 Å². The van der Waals surface area contributed by atoms with Crippen LogP contribution < -0.4 is 5.32 Å². The lowest BCUT2D eigenvalue weighted by molar-refractivity contribution is 0.0955. The molecule has 24 heavy (non-hydrogen) atoms. The molecule has 0 aliphatic heterocycles. The van der Waals surface area contributed by atoms with Gasteiger partial charge in [-0.15, -0.1) is 11.3 Å². The molecule has 0 saturated heterocycles. The minimum absolute atomic E-state index is 0.142. The number of aromatic nitrogens is 3. The normalized spacial score (nSPS) is 11.2. The number of halogens is 2. The Hall–Kier alpha value is -2.51. The van der Waals surface area contributed by atoms with Gasteiger partial charge in [0.05, 0.1) is 11.2 Å². The molecule has 0 spiro atoms. The van der Waals surface area contributed by atoms with Crippen LogP contribution in [-0.4, -0.2) is 20.5 Å². The Morgan fingerprint density at radius 1 is 1.38 bits per heavy atom. The average molecular weight is 361 g/mol. The van der Waals surface area contributed by atoms with Crippen molar-refractivity contribution in [1.29, 1.82) is 0 Å². The van der Waals surface area contributed by atoms with Crippen molar-refractivity contribution in [2.75, 3.05) is 0 Å². The van der Waals surface area contributed by atoms with Crippen LogP contribution >= 0.6 is 22.9 Å². The molecule has 0 radical (unpaired) electrons. The average Bonchev–Trinajstić information content (AvgIpc) is 3.15. The number of thiophene rings is 1. The zero-order valence-corrected chi connectivity index (χ0v) is 13.7. The number of nitrogens with zero attached hydrogens (tertiary/aromatic N) is 3. The second-order valence-corrected chi connectivity index (χ2v) is 6.53. The van der Waals surface area contributed by atoms with Gasteiger partial charge in [0.2, 0.25) is 0 Å². The molecule has 0 atom stereocenters. The lowest BCUT2D eigenvalue weighted by Gasteiger charge is -2.02. The van der Waals surface area contributed by atoms with Gasteiger partial charge >= 0.3 is 0 Å². The Morgan fingerprint density at radius 2 is 2.25 bits per heavy atom. The van der Waals surface area contributed by atoms with E-state index >= 15 is 0 Å². The highest BCUT2D eigenvalue weighted by molar-refractivity contribution is 7.21. The summed E-state index contributed by atoms with van der Waals surface area (Å²) in [5.74, 6) is -0.782. The molecule has 0 saturated carbocycles. The maximum atomic E-state index is 13.9. The third-order valence-corrected chi connectivity index (χ3v) is 5.25. The van der Waals surface area contributed by atoms with Crippen molar-refractivity contribution in [2.24, 2.45) is 0 Å². The number of fused-ring (bicyclic) bond motifs is 2. The molecule has 4 aromatic rings. The number of rotatable bonds is 3. The minimum atomic E-state index is -0.431. The van der Waals surface area contributed by atoms with E-state index in [1.165, 1.54) is 17.4 Å². The summed E-state index contributed by atoms with van der Waals surface area (Å²) in [5, 5.41) is 7.38. The highest BCUT2D eigenvalue weighted by Crippen LogP contribution is 2.36. The Labute approximate surface area is 144 Å². The lowest BCUT2D eigenvalue weighted by Crippen LogP contribution is -2.22. The molecule has 120 valence electrons. The van der Waals surface area contributed by atoms with Crippen LogP contribution in [0, 0.1) is 5.82 Å². The number of carbonyl (C=O) groups is 1. The smallest absolute Gasteiger partial charge is 0.263 e. The molecule has 4 rings (SSSR count). The van der Waals surface area contributed by atoms with Gasteiger partial charge in [0, 0.05) is 34.6 Å². The third kappa shape index (κ3) is 2.42. The first-order valence-corrected chi connectivity index (χ1v) is 8.26. The monoisotopic (exact) mass is 360 g/mol. The van der Waals surface area contributed by atoms with Crippen LogP contribution in [0.25, 0.3) is 15.7 Å². The van der Waals surface area contributed by atoms with Gasteiger partial charge in [0.25, 0.3) is 5.91 Å². The van der Waals surface area contributed by atoms with Crippen LogP contribution in [0.5, 0.6) is 0 Å². The maximum Gasteiger partial charge on any atom is 0.263 e. The molecule has 1 amide bonds. The minimum Gasteiger partial charge on any atom is -0.347 e. The van der Waals surface area contributed by atoms with Crippen molar-refractivity contribution in [1.82, 2.24) is 19.9 Å². The predicted molar refractivity (Wildman–Crippen MR) is 91.0 cm³/mol. The van der Waals surface area contributed by atoms with Crippen LogP contribution in [0.4, 0.5) is 4.39 Å². The first-order chi connectivity index (χ1) is 11.6. The van der Waals surface area contributed by atoms with Crippen molar-refractivity contribution >= 4 is 44.6 Å². The SMILES string of the molecule is O=C(NCc1cnn2cccnc12)c1sc2cccc(F)c2c1Cl. The largest absolute Gasteiger partial charge is 0.347 e. The Bertz CT molecular complexity index is 1070. The van der Waals surface area contributed by atoms with Crippen molar-refractivity contribution < 1.29 is 9.18 Å². The second kappa shape index (κ2) is 5.85.